The second-order valence-corrected chi connectivity index (χ2v) is 3.21. The van der Waals surface area contributed by atoms with E-state index in [2.05, 4.69) is 0 Å². The Morgan fingerprint density at radius 2 is 2.21 bits per heavy atom. The van der Waals surface area contributed by atoms with Gasteiger partial charge in [-0.25, -0.2) is 0 Å². The maximum Gasteiger partial charge on any atom is 0.272 e. The standard InChI is InChI=1S/C9H7ClN2O2/c10-8(6-11)5-7-3-1-2-4-9(7)12(13)14/h1-4,8H,5H2. The zero-order valence-electron chi connectivity index (χ0n) is 7.18. The zero-order valence-corrected chi connectivity index (χ0v) is 7.94. The molecule has 1 aromatic rings. The van der Waals surface area contributed by atoms with E-state index in [0.717, 1.165) is 0 Å². The molecule has 0 saturated carbocycles. The lowest BCUT2D eigenvalue weighted by Gasteiger charge is -2.01. The van der Waals surface area contributed by atoms with E-state index in [-0.39, 0.29) is 12.1 Å². The molecule has 0 bridgehead atoms. The molecule has 1 atom stereocenters. The van der Waals surface area contributed by atoms with E-state index >= 15 is 0 Å². The summed E-state index contributed by atoms with van der Waals surface area (Å²) in [5, 5.41) is 18.3. The maximum atomic E-state index is 10.6. The number of alkyl halides is 1. The van der Waals surface area contributed by atoms with Gasteiger partial charge in [0.2, 0.25) is 0 Å². The normalized spacial score (nSPS) is 11.7. The van der Waals surface area contributed by atoms with Crippen LogP contribution in [0.25, 0.3) is 0 Å². The lowest BCUT2D eigenvalue weighted by atomic mass is 10.1. The van der Waals surface area contributed by atoms with Crippen molar-refractivity contribution in [3.05, 3.63) is 39.9 Å². The Bertz CT molecular complexity index is 387. The van der Waals surface area contributed by atoms with E-state index in [1.165, 1.54) is 6.07 Å². The average Bonchev–Trinajstić information content (AvgIpc) is 2.18. The Morgan fingerprint density at radius 3 is 2.79 bits per heavy atom. The van der Waals surface area contributed by atoms with Crippen LogP contribution in [0, 0.1) is 21.4 Å². The third-order valence-electron chi connectivity index (χ3n) is 1.73. The minimum Gasteiger partial charge on any atom is -0.258 e. The number of nitro groups is 1. The molecule has 14 heavy (non-hydrogen) atoms. The molecule has 1 aromatic carbocycles. The highest BCUT2D eigenvalue weighted by Gasteiger charge is 2.15. The summed E-state index contributed by atoms with van der Waals surface area (Å²) >= 11 is 5.59. The zero-order chi connectivity index (χ0) is 10.6. The van der Waals surface area contributed by atoms with Crippen molar-refractivity contribution >= 4 is 17.3 Å². The number of nitro benzene ring substituents is 1. The van der Waals surface area contributed by atoms with E-state index in [1.807, 2.05) is 6.07 Å². The van der Waals surface area contributed by atoms with Gasteiger partial charge in [0.05, 0.1) is 11.0 Å². The SMILES string of the molecule is N#CC(Cl)Cc1ccccc1[N+](=O)[O-]. The number of rotatable bonds is 3. The summed E-state index contributed by atoms with van der Waals surface area (Å²) in [5.74, 6) is 0. The molecule has 0 radical (unpaired) electrons. The molecule has 4 nitrogen and oxygen atoms in total. The Balaban J connectivity index is 2.97. The largest absolute Gasteiger partial charge is 0.272 e. The van der Waals surface area contributed by atoms with E-state index in [9.17, 15) is 10.1 Å². The van der Waals surface area contributed by atoms with Gasteiger partial charge in [-0.15, -0.1) is 11.6 Å². The van der Waals surface area contributed by atoms with Crippen LogP contribution in [0.3, 0.4) is 0 Å². The first-order chi connectivity index (χ1) is 6.65. The van der Waals surface area contributed by atoms with Crippen LogP contribution in [0.15, 0.2) is 24.3 Å². The second-order valence-electron chi connectivity index (χ2n) is 2.69. The van der Waals surface area contributed by atoms with Crippen LogP contribution < -0.4 is 0 Å². The van der Waals surface area contributed by atoms with Crippen molar-refractivity contribution in [2.45, 2.75) is 11.8 Å². The van der Waals surface area contributed by atoms with Crippen molar-refractivity contribution < 1.29 is 4.92 Å². The molecular formula is C9H7ClN2O2. The summed E-state index contributed by atoms with van der Waals surface area (Å²) in [6, 6.07) is 8.09. The highest BCUT2D eigenvalue weighted by molar-refractivity contribution is 6.22. The van der Waals surface area contributed by atoms with E-state index in [4.69, 9.17) is 16.9 Å². The van der Waals surface area contributed by atoms with Gasteiger partial charge in [0.1, 0.15) is 5.38 Å². The van der Waals surface area contributed by atoms with E-state index < -0.39 is 10.3 Å². The van der Waals surface area contributed by atoms with E-state index in [0.29, 0.717) is 5.56 Å². The molecular weight excluding hydrogens is 204 g/mol. The minimum atomic E-state index is -0.726. The number of hydrogen-bond acceptors (Lipinski definition) is 3. The molecule has 0 amide bonds. The van der Waals surface area contributed by atoms with Gasteiger partial charge >= 0.3 is 0 Å². The third kappa shape index (κ3) is 2.44. The molecule has 0 heterocycles. The first-order valence-electron chi connectivity index (χ1n) is 3.91. The predicted octanol–water partition coefficient (Wildman–Crippen LogP) is 2.27. The monoisotopic (exact) mass is 210 g/mol. The number of benzene rings is 1. The van der Waals surface area contributed by atoms with Crippen molar-refractivity contribution in [1.29, 1.82) is 5.26 Å². The van der Waals surface area contributed by atoms with Gasteiger partial charge in [-0.05, 0) is 0 Å². The molecule has 0 saturated heterocycles. The lowest BCUT2D eigenvalue weighted by Crippen LogP contribution is -2.02. The smallest absolute Gasteiger partial charge is 0.258 e. The minimum absolute atomic E-state index is 0.00778. The Labute approximate surface area is 85.9 Å². The quantitative estimate of drug-likeness (QED) is 0.437. The summed E-state index contributed by atoms with van der Waals surface area (Å²) in [4.78, 5) is 10.1. The fourth-order valence-electron chi connectivity index (χ4n) is 1.10. The Hall–Kier alpha value is -1.60. The molecule has 0 aromatic heterocycles. The first-order valence-corrected chi connectivity index (χ1v) is 4.34. The number of halogens is 1. The highest BCUT2D eigenvalue weighted by atomic mass is 35.5. The molecule has 0 aliphatic carbocycles. The number of nitrogens with zero attached hydrogens (tertiary/aromatic N) is 2. The van der Waals surface area contributed by atoms with Gasteiger partial charge < -0.3 is 0 Å². The molecule has 1 rings (SSSR count). The van der Waals surface area contributed by atoms with Crippen LogP contribution in [0.1, 0.15) is 5.56 Å². The molecule has 0 N–H and O–H groups in total. The van der Waals surface area contributed by atoms with Crippen molar-refractivity contribution in [2.24, 2.45) is 0 Å². The predicted molar refractivity (Wildman–Crippen MR) is 52.1 cm³/mol. The third-order valence-corrected chi connectivity index (χ3v) is 1.98. The van der Waals surface area contributed by atoms with E-state index in [1.54, 1.807) is 18.2 Å². The summed E-state index contributed by atoms with van der Waals surface area (Å²) < 4.78 is 0. The lowest BCUT2D eigenvalue weighted by molar-refractivity contribution is -0.385. The van der Waals surface area contributed by atoms with Crippen LogP contribution in [0.5, 0.6) is 0 Å². The van der Waals surface area contributed by atoms with Gasteiger partial charge in [0.25, 0.3) is 5.69 Å². The van der Waals surface area contributed by atoms with Crippen LogP contribution in [0.4, 0.5) is 5.69 Å². The Morgan fingerprint density at radius 1 is 1.57 bits per heavy atom. The number of hydrogen-bond donors (Lipinski definition) is 0. The molecule has 0 fully saturated rings. The summed E-state index contributed by atoms with van der Waals surface area (Å²) in [6.07, 6.45) is 0.190. The maximum absolute atomic E-state index is 10.6. The first kappa shape index (κ1) is 10.5. The molecule has 72 valence electrons. The topological polar surface area (TPSA) is 66.9 Å². The second kappa shape index (κ2) is 4.58. The molecule has 5 heteroatoms. The Kier molecular flexibility index (Phi) is 3.43. The summed E-state index contributed by atoms with van der Waals surface area (Å²) in [6.45, 7) is 0. The van der Waals surface area contributed by atoms with Crippen LogP contribution in [0.2, 0.25) is 0 Å². The van der Waals surface area contributed by atoms with Crippen molar-refractivity contribution in [1.82, 2.24) is 0 Å². The summed E-state index contributed by atoms with van der Waals surface area (Å²) in [7, 11) is 0. The van der Waals surface area contributed by atoms with Gasteiger partial charge in [-0.1, -0.05) is 18.2 Å². The molecule has 0 spiro atoms. The number of para-hydroxylation sites is 1. The van der Waals surface area contributed by atoms with Crippen LogP contribution in [-0.4, -0.2) is 10.3 Å². The highest BCUT2D eigenvalue weighted by Crippen LogP contribution is 2.20. The average molecular weight is 211 g/mol. The van der Waals surface area contributed by atoms with Crippen molar-refractivity contribution in [3.63, 3.8) is 0 Å². The van der Waals surface area contributed by atoms with Crippen molar-refractivity contribution in [3.8, 4) is 6.07 Å². The summed E-state index contributed by atoms with van der Waals surface area (Å²) in [5.41, 5.74) is 0.493. The molecule has 0 aliphatic heterocycles. The van der Waals surface area contributed by atoms with Crippen LogP contribution in [-0.2, 0) is 6.42 Å². The number of nitriles is 1. The van der Waals surface area contributed by atoms with Gasteiger partial charge in [-0.2, -0.15) is 5.26 Å². The molecule has 1 unspecified atom stereocenters. The van der Waals surface area contributed by atoms with Gasteiger partial charge in [0, 0.05) is 18.1 Å². The molecule has 0 aliphatic rings. The van der Waals surface area contributed by atoms with Gasteiger partial charge in [-0.3, -0.25) is 10.1 Å². The van der Waals surface area contributed by atoms with Crippen molar-refractivity contribution in [2.75, 3.05) is 0 Å². The fourth-order valence-corrected chi connectivity index (χ4v) is 1.27. The van der Waals surface area contributed by atoms with Crippen LogP contribution >= 0.6 is 11.6 Å². The fraction of sp³-hybridized carbons (Fsp3) is 0.222. The van der Waals surface area contributed by atoms with Gasteiger partial charge in [0.15, 0.2) is 0 Å².